The Labute approximate surface area is 105 Å². The lowest BCUT2D eigenvalue weighted by Crippen LogP contribution is -2.28. The van der Waals surface area contributed by atoms with E-state index in [1.165, 1.54) is 32.1 Å². The molecule has 1 unspecified atom stereocenters. The largest absolute Gasteiger partial charge is 0.308 e. The molecule has 1 rings (SSSR count). The molecule has 0 aromatic carbocycles. The maximum Gasteiger partial charge on any atom is 0.125 e. The highest BCUT2D eigenvalue weighted by Crippen LogP contribution is 2.07. The monoisotopic (exact) mass is 235 g/mol. The van der Waals surface area contributed by atoms with Crippen LogP contribution in [0.2, 0.25) is 0 Å². The average molecular weight is 235 g/mol. The molecule has 96 valence electrons. The number of nitrogens with one attached hydrogen (secondary N) is 1. The Kier molecular flexibility index (Phi) is 6.78. The zero-order chi connectivity index (χ0) is 12.5. The maximum atomic E-state index is 4.41. The summed E-state index contributed by atoms with van der Waals surface area (Å²) in [4.78, 5) is 8.53. The molecule has 3 nitrogen and oxygen atoms in total. The van der Waals surface area contributed by atoms with Crippen molar-refractivity contribution in [1.82, 2.24) is 15.3 Å². The van der Waals surface area contributed by atoms with Crippen LogP contribution in [-0.2, 0) is 6.54 Å². The number of aryl methyl sites for hydroxylation is 1. The minimum absolute atomic E-state index is 0.634. The molecule has 0 aliphatic carbocycles. The summed E-state index contributed by atoms with van der Waals surface area (Å²) in [5, 5.41) is 3.61. The lowest BCUT2D eigenvalue weighted by Gasteiger charge is -2.17. The zero-order valence-electron chi connectivity index (χ0n) is 11.4. The Morgan fingerprint density at radius 3 is 2.71 bits per heavy atom. The normalized spacial score (nSPS) is 12.6. The highest BCUT2D eigenvalue weighted by atomic mass is 14.9. The minimum Gasteiger partial charge on any atom is -0.308 e. The topological polar surface area (TPSA) is 37.8 Å². The van der Waals surface area contributed by atoms with Gasteiger partial charge in [0.25, 0.3) is 0 Å². The molecule has 0 saturated carbocycles. The van der Waals surface area contributed by atoms with Gasteiger partial charge >= 0.3 is 0 Å². The third kappa shape index (κ3) is 5.78. The van der Waals surface area contributed by atoms with Crippen LogP contribution in [0.3, 0.4) is 0 Å². The van der Waals surface area contributed by atoms with Crippen LogP contribution in [0.1, 0.15) is 57.5 Å². The Morgan fingerprint density at radius 2 is 2.06 bits per heavy atom. The molecule has 0 bridgehead atoms. The molecule has 0 aliphatic heterocycles. The van der Waals surface area contributed by atoms with Crippen molar-refractivity contribution >= 4 is 0 Å². The fourth-order valence-electron chi connectivity index (χ4n) is 2.00. The van der Waals surface area contributed by atoms with Gasteiger partial charge in [-0.2, -0.15) is 0 Å². The van der Waals surface area contributed by atoms with Gasteiger partial charge < -0.3 is 5.32 Å². The standard InChI is InChI=1S/C14H25N3/c1-4-6-8-13(7-5-2)16-11-14-9-10-15-12(3)17-14/h9-10,13,16H,4-8,11H2,1-3H3. The van der Waals surface area contributed by atoms with E-state index in [1.54, 1.807) is 0 Å². The van der Waals surface area contributed by atoms with Crippen LogP contribution in [0.5, 0.6) is 0 Å². The Bertz CT molecular complexity index is 312. The molecule has 0 aliphatic rings. The maximum absolute atomic E-state index is 4.41. The second kappa shape index (κ2) is 8.18. The van der Waals surface area contributed by atoms with Gasteiger partial charge in [0, 0.05) is 18.8 Å². The molecule has 1 aromatic rings. The summed E-state index contributed by atoms with van der Waals surface area (Å²) in [5.74, 6) is 0.852. The van der Waals surface area contributed by atoms with Crippen molar-refractivity contribution in [1.29, 1.82) is 0 Å². The number of unbranched alkanes of at least 4 members (excludes halogenated alkanes) is 1. The fourth-order valence-corrected chi connectivity index (χ4v) is 2.00. The highest BCUT2D eigenvalue weighted by molar-refractivity contribution is 5.01. The van der Waals surface area contributed by atoms with Crippen LogP contribution >= 0.6 is 0 Å². The van der Waals surface area contributed by atoms with Crippen molar-refractivity contribution in [3.05, 3.63) is 23.8 Å². The molecule has 0 saturated heterocycles. The first-order chi connectivity index (χ1) is 8.26. The molecule has 0 fully saturated rings. The van der Waals surface area contributed by atoms with E-state index in [-0.39, 0.29) is 0 Å². The van der Waals surface area contributed by atoms with Gasteiger partial charge in [-0.25, -0.2) is 9.97 Å². The molecule has 0 amide bonds. The summed E-state index contributed by atoms with van der Waals surface area (Å²) in [5.41, 5.74) is 1.09. The fraction of sp³-hybridized carbons (Fsp3) is 0.714. The van der Waals surface area contributed by atoms with Crippen molar-refractivity contribution in [3.63, 3.8) is 0 Å². The quantitative estimate of drug-likeness (QED) is 0.751. The Balaban J connectivity index is 2.39. The van der Waals surface area contributed by atoms with Crippen LogP contribution in [0, 0.1) is 6.92 Å². The summed E-state index contributed by atoms with van der Waals surface area (Å²) < 4.78 is 0. The van der Waals surface area contributed by atoms with Gasteiger partial charge in [-0.3, -0.25) is 0 Å². The first-order valence-corrected chi connectivity index (χ1v) is 6.78. The van der Waals surface area contributed by atoms with Gasteiger partial charge in [0.1, 0.15) is 5.82 Å². The number of hydrogen-bond donors (Lipinski definition) is 1. The second-order valence-electron chi connectivity index (χ2n) is 4.60. The predicted octanol–water partition coefficient (Wildman–Crippen LogP) is 3.23. The van der Waals surface area contributed by atoms with Crippen molar-refractivity contribution in [3.8, 4) is 0 Å². The number of hydrogen-bond acceptors (Lipinski definition) is 3. The summed E-state index contributed by atoms with van der Waals surface area (Å²) in [7, 11) is 0. The van der Waals surface area contributed by atoms with Gasteiger partial charge in [0.05, 0.1) is 5.69 Å². The van der Waals surface area contributed by atoms with E-state index in [9.17, 15) is 0 Å². The van der Waals surface area contributed by atoms with E-state index < -0.39 is 0 Å². The molecular formula is C14H25N3. The van der Waals surface area contributed by atoms with Crippen LogP contribution in [0.4, 0.5) is 0 Å². The first kappa shape index (κ1) is 14.1. The van der Waals surface area contributed by atoms with Crippen molar-refractivity contribution in [2.75, 3.05) is 0 Å². The van der Waals surface area contributed by atoms with Gasteiger partial charge in [0.15, 0.2) is 0 Å². The van der Waals surface area contributed by atoms with E-state index >= 15 is 0 Å². The smallest absolute Gasteiger partial charge is 0.125 e. The predicted molar refractivity (Wildman–Crippen MR) is 71.8 cm³/mol. The molecular weight excluding hydrogens is 210 g/mol. The average Bonchev–Trinajstić information content (AvgIpc) is 2.33. The Morgan fingerprint density at radius 1 is 1.24 bits per heavy atom. The molecule has 1 atom stereocenters. The van der Waals surface area contributed by atoms with Gasteiger partial charge in [-0.1, -0.05) is 33.1 Å². The lowest BCUT2D eigenvalue weighted by molar-refractivity contribution is 0.431. The summed E-state index contributed by atoms with van der Waals surface area (Å²) in [6.07, 6.45) is 8.18. The van der Waals surface area contributed by atoms with Crippen LogP contribution in [0.25, 0.3) is 0 Å². The number of nitrogens with zero attached hydrogens (tertiary/aromatic N) is 2. The molecule has 0 spiro atoms. The van der Waals surface area contributed by atoms with Crippen molar-refractivity contribution < 1.29 is 0 Å². The lowest BCUT2D eigenvalue weighted by atomic mass is 10.1. The van der Waals surface area contributed by atoms with Gasteiger partial charge in [0.2, 0.25) is 0 Å². The van der Waals surface area contributed by atoms with E-state index in [0.29, 0.717) is 6.04 Å². The van der Waals surface area contributed by atoms with E-state index in [4.69, 9.17) is 0 Å². The minimum atomic E-state index is 0.634. The summed E-state index contributed by atoms with van der Waals surface area (Å²) in [6, 6.07) is 2.62. The van der Waals surface area contributed by atoms with Crippen molar-refractivity contribution in [2.45, 2.75) is 65.5 Å². The molecule has 1 aromatic heterocycles. The third-order valence-corrected chi connectivity index (χ3v) is 2.95. The van der Waals surface area contributed by atoms with Crippen molar-refractivity contribution in [2.24, 2.45) is 0 Å². The van der Waals surface area contributed by atoms with E-state index in [0.717, 1.165) is 18.1 Å². The highest BCUT2D eigenvalue weighted by Gasteiger charge is 2.06. The van der Waals surface area contributed by atoms with Crippen LogP contribution < -0.4 is 5.32 Å². The van der Waals surface area contributed by atoms with E-state index in [1.807, 2.05) is 19.2 Å². The molecule has 1 N–H and O–H groups in total. The number of rotatable bonds is 8. The van der Waals surface area contributed by atoms with Crippen LogP contribution in [0.15, 0.2) is 12.3 Å². The third-order valence-electron chi connectivity index (χ3n) is 2.95. The van der Waals surface area contributed by atoms with Gasteiger partial charge in [-0.05, 0) is 25.8 Å². The Hall–Kier alpha value is -0.960. The van der Waals surface area contributed by atoms with Gasteiger partial charge in [-0.15, -0.1) is 0 Å². The molecule has 3 heteroatoms. The SMILES string of the molecule is CCCCC(CCC)NCc1ccnc(C)n1. The zero-order valence-corrected chi connectivity index (χ0v) is 11.4. The van der Waals surface area contributed by atoms with Crippen LogP contribution in [-0.4, -0.2) is 16.0 Å². The first-order valence-electron chi connectivity index (χ1n) is 6.78. The molecule has 0 radical (unpaired) electrons. The summed E-state index contributed by atoms with van der Waals surface area (Å²) in [6.45, 7) is 7.29. The second-order valence-corrected chi connectivity index (χ2v) is 4.60. The summed E-state index contributed by atoms with van der Waals surface area (Å²) >= 11 is 0. The molecule has 1 heterocycles. The van der Waals surface area contributed by atoms with E-state index in [2.05, 4.69) is 29.1 Å². The number of aromatic nitrogens is 2. The molecule has 17 heavy (non-hydrogen) atoms.